The smallest absolute Gasteiger partial charge is 0.246 e. The average molecular weight is 379 g/mol. The number of para-hydroxylation sites is 1. The fraction of sp³-hybridized carbons (Fsp3) is 0.500. The lowest BCUT2D eigenvalue weighted by molar-refractivity contribution is -0.133. The SMILES string of the molecule is COCC(=O)NC[C@@H]1C[C@H](F)CN1C(=O)CCc1nc2ccccc2s1. The first kappa shape index (κ1) is 18.7. The first-order chi connectivity index (χ1) is 12.6. The van der Waals surface area contributed by atoms with Crippen LogP contribution in [-0.4, -0.2) is 60.7 Å². The van der Waals surface area contributed by atoms with Gasteiger partial charge < -0.3 is 15.0 Å². The topological polar surface area (TPSA) is 71.5 Å². The molecule has 2 aromatic rings. The molecule has 0 unspecified atom stereocenters. The molecule has 0 bridgehead atoms. The molecule has 0 aliphatic carbocycles. The summed E-state index contributed by atoms with van der Waals surface area (Å²) in [6, 6.07) is 7.54. The lowest BCUT2D eigenvalue weighted by Crippen LogP contribution is -2.44. The average Bonchev–Trinajstić information content (AvgIpc) is 3.21. The predicted octanol–water partition coefficient (Wildman–Crippen LogP) is 1.93. The van der Waals surface area contributed by atoms with Crippen molar-refractivity contribution in [2.24, 2.45) is 0 Å². The molecular formula is C18H22FN3O3S. The molecule has 1 fully saturated rings. The minimum atomic E-state index is -1.05. The van der Waals surface area contributed by atoms with Crippen molar-refractivity contribution in [1.29, 1.82) is 0 Å². The maximum absolute atomic E-state index is 13.8. The van der Waals surface area contributed by atoms with E-state index in [4.69, 9.17) is 4.74 Å². The molecule has 6 nitrogen and oxygen atoms in total. The zero-order chi connectivity index (χ0) is 18.5. The second-order valence-corrected chi connectivity index (χ2v) is 7.46. The number of benzene rings is 1. The monoisotopic (exact) mass is 379 g/mol. The number of thiazole rings is 1. The van der Waals surface area contributed by atoms with Crippen molar-refractivity contribution in [2.75, 3.05) is 26.8 Å². The standard InChI is InChI=1S/C18H22FN3O3S/c1-25-11-16(23)20-9-13-8-12(19)10-22(13)18(24)7-6-17-21-14-4-2-3-5-15(14)26-17/h2-5,12-13H,6-11H2,1H3,(H,20,23)/t12-,13-/m0/s1. The van der Waals surface area contributed by atoms with Gasteiger partial charge in [0.1, 0.15) is 12.8 Å². The number of carbonyl (C=O) groups is 2. The number of aromatic nitrogens is 1. The third-order valence-corrected chi connectivity index (χ3v) is 5.48. The van der Waals surface area contributed by atoms with Crippen LogP contribution < -0.4 is 5.32 Å². The van der Waals surface area contributed by atoms with Gasteiger partial charge in [-0.15, -0.1) is 11.3 Å². The lowest BCUT2D eigenvalue weighted by Gasteiger charge is -2.24. The number of hydrogen-bond acceptors (Lipinski definition) is 5. The summed E-state index contributed by atoms with van der Waals surface area (Å²) in [5, 5.41) is 3.59. The number of likely N-dealkylation sites (tertiary alicyclic amines) is 1. The molecule has 140 valence electrons. The Kier molecular flexibility index (Phi) is 6.16. The number of fused-ring (bicyclic) bond motifs is 1. The number of aryl methyl sites for hydroxylation is 1. The predicted molar refractivity (Wildman–Crippen MR) is 97.8 cm³/mol. The van der Waals surface area contributed by atoms with Crippen LogP contribution in [0.5, 0.6) is 0 Å². The summed E-state index contributed by atoms with van der Waals surface area (Å²) in [6.45, 7) is 0.288. The van der Waals surface area contributed by atoms with Crippen LogP contribution in [0.1, 0.15) is 17.8 Å². The van der Waals surface area contributed by atoms with Crippen molar-refractivity contribution >= 4 is 33.4 Å². The van der Waals surface area contributed by atoms with Gasteiger partial charge in [-0.25, -0.2) is 9.37 Å². The van der Waals surface area contributed by atoms with Gasteiger partial charge in [0.15, 0.2) is 0 Å². The maximum atomic E-state index is 13.8. The minimum absolute atomic E-state index is 0.0443. The van der Waals surface area contributed by atoms with Gasteiger partial charge >= 0.3 is 0 Å². The normalized spacial score (nSPS) is 19.8. The number of alkyl halides is 1. The number of nitrogens with zero attached hydrogens (tertiary/aromatic N) is 2. The summed E-state index contributed by atoms with van der Waals surface area (Å²) < 4.78 is 19.7. The van der Waals surface area contributed by atoms with Crippen LogP contribution in [0, 0.1) is 0 Å². The minimum Gasteiger partial charge on any atom is -0.375 e. The number of nitrogens with one attached hydrogen (secondary N) is 1. The van der Waals surface area contributed by atoms with Gasteiger partial charge in [0.25, 0.3) is 0 Å². The van der Waals surface area contributed by atoms with Crippen LogP contribution in [0.2, 0.25) is 0 Å². The fourth-order valence-electron chi connectivity index (χ4n) is 3.16. The first-order valence-electron chi connectivity index (χ1n) is 8.60. The molecular weight excluding hydrogens is 357 g/mol. The van der Waals surface area contributed by atoms with Crippen molar-refractivity contribution in [3.8, 4) is 0 Å². The van der Waals surface area contributed by atoms with E-state index >= 15 is 0 Å². The van der Waals surface area contributed by atoms with Crippen LogP contribution in [0.15, 0.2) is 24.3 Å². The number of rotatable bonds is 7. The lowest BCUT2D eigenvalue weighted by atomic mass is 10.2. The van der Waals surface area contributed by atoms with E-state index in [0.29, 0.717) is 6.42 Å². The van der Waals surface area contributed by atoms with E-state index in [1.165, 1.54) is 7.11 Å². The highest BCUT2D eigenvalue weighted by molar-refractivity contribution is 7.18. The van der Waals surface area contributed by atoms with Crippen LogP contribution in [0.25, 0.3) is 10.2 Å². The number of carbonyl (C=O) groups excluding carboxylic acids is 2. The van der Waals surface area contributed by atoms with Crippen LogP contribution in [0.4, 0.5) is 4.39 Å². The van der Waals surface area contributed by atoms with Gasteiger partial charge in [0.2, 0.25) is 11.8 Å². The number of methoxy groups -OCH3 is 1. The maximum Gasteiger partial charge on any atom is 0.246 e. The highest BCUT2D eigenvalue weighted by atomic mass is 32.1. The molecule has 1 saturated heterocycles. The van der Waals surface area contributed by atoms with Crippen molar-refractivity contribution in [3.05, 3.63) is 29.3 Å². The summed E-state index contributed by atoms with van der Waals surface area (Å²) in [5.41, 5.74) is 0.934. The van der Waals surface area contributed by atoms with E-state index in [2.05, 4.69) is 10.3 Å². The van der Waals surface area contributed by atoms with Crippen LogP contribution in [-0.2, 0) is 20.7 Å². The van der Waals surface area contributed by atoms with Gasteiger partial charge in [-0.05, 0) is 12.1 Å². The number of ether oxygens (including phenoxy) is 1. The van der Waals surface area contributed by atoms with Crippen molar-refractivity contribution in [2.45, 2.75) is 31.5 Å². The molecule has 26 heavy (non-hydrogen) atoms. The van der Waals surface area contributed by atoms with Crippen molar-refractivity contribution < 1.29 is 18.7 Å². The molecule has 1 aliphatic rings. The third kappa shape index (κ3) is 4.56. The number of halogens is 1. The molecule has 0 radical (unpaired) electrons. The summed E-state index contributed by atoms with van der Waals surface area (Å²) in [7, 11) is 1.44. The molecule has 0 spiro atoms. The zero-order valence-electron chi connectivity index (χ0n) is 14.6. The van der Waals surface area contributed by atoms with Gasteiger partial charge in [0, 0.05) is 32.9 Å². The van der Waals surface area contributed by atoms with E-state index in [0.717, 1.165) is 15.2 Å². The first-order valence-corrected chi connectivity index (χ1v) is 9.42. The van der Waals surface area contributed by atoms with E-state index in [1.807, 2.05) is 24.3 Å². The van der Waals surface area contributed by atoms with Crippen LogP contribution >= 0.6 is 11.3 Å². The molecule has 2 amide bonds. The number of amides is 2. The fourth-order valence-corrected chi connectivity index (χ4v) is 4.12. The van der Waals surface area contributed by atoms with Crippen molar-refractivity contribution in [1.82, 2.24) is 15.2 Å². The van der Waals surface area contributed by atoms with E-state index in [-0.39, 0.29) is 50.4 Å². The Labute approximate surface area is 155 Å². The highest BCUT2D eigenvalue weighted by Crippen LogP contribution is 2.24. The molecule has 2 atom stereocenters. The highest BCUT2D eigenvalue weighted by Gasteiger charge is 2.35. The van der Waals surface area contributed by atoms with Crippen LogP contribution in [0.3, 0.4) is 0 Å². The van der Waals surface area contributed by atoms with Gasteiger partial charge in [-0.3, -0.25) is 9.59 Å². The Morgan fingerprint density at radius 1 is 1.42 bits per heavy atom. The molecule has 1 aliphatic heterocycles. The Bertz CT molecular complexity index is 749. The molecule has 2 heterocycles. The van der Waals surface area contributed by atoms with Gasteiger partial charge in [0.05, 0.1) is 27.8 Å². The quantitative estimate of drug-likeness (QED) is 0.798. The second kappa shape index (κ2) is 8.55. The zero-order valence-corrected chi connectivity index (χ0v) is 15.4. The molecule has 1 aromatic carbocycles. The van der Waals surface area contributed by atoms with E-state index in [1.54, 1.807) is 16.2 Å². The molecule has 3 rings (SSSR count). The Morgan fingerprint density at radius 3 is 3.00 bits per heavy atom. The Balaban J connectivity index is 1.55. The second-order valence-electron chi connectivity index (χ2n) is 6.35. The van der Waals surface area contributed by atoms with Crippen molar-refractivity contribution in [3.63, 3.8) is 0 Å². The summed E-state index contributed by atoms with van der Waals surface area (Å²) in [5.74, 6) is -0.368. The molecule has 1 N–H and O–H groups in total. The summed E-state index contributed by atoms with van der Waals surface area (Å²) >= 11 is 1.58. The number of hydrogen-bond donors (Lipinski definition) is 1. The summed E-state index contributed by atoms with van der Waals surface area (Å²) in [6.07, 6.45) is 0.0227. The largest absolute Gasteiger partial charge is 0.375 e. The Morgan fingerprint density at radius 2 is 2.23 bits per heavy atom. The molecule has 1 aromatic heterocycles. The van der Waals surface area contributed by atoms with Gasteiger partial charge in [-0.2, -0.15) is 0 Å². The third-order valence-electron chi connectivity index (χ3n) is 4.38. The summed E-state index contributed by atoms with van der Waals surface area (Å²) in [4.78, 5) is 30.1. The van der Waals surface area contributed by atoms with Gasteiger partial charge in [-0.1, -0.05) is 12.1 Å². The van der Waals surface area contributed by atoms with E-state index in [9.17, 15) is 14.0 Å². The molecule has 8 heteroatoms. The Hall–Kier alpha value is -2.06. The molecule has 0 saturated carbocycles. The van der Waals surface area contributed by atoms with E-state index < -0.39 is 6.17 Å².